The van der Waals surface area contributed by atoms with Crippen molar-refractivity contribution in [2.24, 2.45) is 0 Å². The summed E-state index contributed by atoms with van der Waals surface area (Å²) >= 11 is 0. The zero-order valence-electron chi connectivity index (χ0n) is 19.5. The minimum Gasteiger partial charge on any atom is -0.347 e. The number of fused-ring (bicyclic) bond motifs is 3. The van der Waals surface area contributed by atoms with E-state index in [0.717, 1.165) is 58.1 Å². The Bertz CT molecular complexity index is 1650. The first-order valence-corrected chi connectivity index (χ1v) is 12.2. The quantitative estimate of drug-likeness (QED) is 0.225. The summed E-state index contributed by atoms with van der Waals surface area (Å²) in [4.78, 5) is 9.57. The van der Waals surface area contributed by atoms with Gasteiger partial charge in [-0.3, -0.25) is 9.37 Å². The largest absolute Gasteiger partial charge is 0.347 e. The highest BCUT2D eigenvalue weighted by atomic mass is 19.1. The fourth-order valence-electron chi connectivity index (χ4n) is 5.06. The lowest BCUT2D eigenvalue weighted by atomic mass is 9.98. The molecule has 3 heterocycles. The summed E-state index contributed by atoms with van der Waals surface area (Å²) in [7, 11) is 0. The van der Waals surface area contributed by atoms with Crippen molar-refractivity contribution >= 4 is 32.4 Å². The van der Waals surface area contributed by atoms with Gasteiger partial charge in [-0.15, -0.1) is 0 Å². The molecular formula is C31H26FN3. The van der Waals surface area contributed by atoms with Crippen LogP contribution in [0.4, 0.5) is 4.39 Å². The molecule has 0 saturated heterocycles. The Morgan fingerprint density at radius 2 is 1.54 bits per heavy atom. The highest BCUT2D eigenvalue weighted by Gasteiger charge is 2.16. The van der Waals surface area contributed by atoms with Crippen molar-refractivity contribution in [1.29, 1.82) is 0 Å². The van der Waals surface area contributed by atoms with Crippen molar-refractivity contribution in [3.05, 3.63) is 97.5 Å². The molecule has 0 unspecified atom stereocenters. The van der Waals surface area contributed by atoms with Crippen molar-refractivity contribution < 1.29 is 4.39 Å². The number of pyridine rings is 2. The number of para-hydroxylation sites is 1. The van der Waals surface area contributed by atoms with Gasteiger partial charge in [-0.2, -0.15) is 0 Å². The van der Waals surface area contributed by atoms with E-state index in [0.29, 0.717) is 6.42 Å². The summed E-state index contributed by atoms with van der Waals surface area (Å²) < 4.78 is 14.9. The van der Waals surface area contributed by atoms with Crippen LogP contribution < -0.4 is 0 Å². The first kappa shape index (κ1) is 21.5. The topological polar surface area (TPSA) is 30.7 Å². The minimum absolute atomic E-state index is 0.245. The smallest absolute Gasteiger partial charge is 0.0894 e. The number of halogens is 1. The van der Waals surface area contributed by atoms with E-state index in [4.69, 9.17) is 4.98 Å². The maximum Gasteiger partial charge on any atom is 0.0894 e. The van der Waals surface area contributed by atoms with Gasteiger partial charge in [0, 0.05) is 57.9 Å². The van der Waals surface area contributed by atoms with E-state index < -0.39 is 0 Å². The molecule has 172 valence electrons. The molecule has 0 aliphatic heterocycles. The Morgan fingerprint density at radius 1 is 0.714 bits per heavy atom. The van der Waals surface area contributed by atoms with Crippen LogP contribution in [0.1, 0.15) is 19.3 Å². The lowest BCUT2D eigenvalue weighted by molar-refractivity contribution is 0.449. The fraction of sp³-hybridized carbons (Fsp3) is 0.161. The van der Waals surface area contributed by atoms with Crippen LogP contribution in [0.3, 0.4) is 0 Å². The van der Waals surface area contributed by atoms with E-state index in [9.17, 15) is 4.39 Å². The number of hydrogen-bond acceptors (Lipinski definition) is 2. The first-order chi connectivity index (χ1) is 17.3. The summed E-state index contributed by atoms with van der Waals surface area (Å²) in [6, 6.07) is 27.5. The van der Waals surface area contributed by atoms with Crippen LogP contribution in [0, 0.1) is 0 Å². The maximum absolute atomic E-state index is 12.6. The predicted octanol–water partition coefficient (Wildman–Crippen LogP) is 8.21. The average Bonchev–Trinajstić information content (AvgIpc) is 3.28. The molecule has 0 aliphatic carbocycles. The van der Waals surface area contributed by atoms with Gasteiger partial charge in [0.05, 0.1) is 18.1 Å². The van der Waals surface area contributed by atoms with Gasteiger partial charge in [-0.25, -0.2) is 4.98 Å². The number of alkyl halides is 1. The van der Waals surface area contributed by atoms with Crippen LogP contribution in [0.5, 0.6) is 0 Å². The summed E-state index contributed by atoms with van der Waals surface area (Å²) in [5.74, 6) is 0. The van der Waals surface area contributed by atoms with Gasteiger partial charge in [0.25, 0.3) is 0 Å². The first-order valence-electron chi connectivity index (χ1n) is 12.2. The molecule has 4 heteroatoms. The van der Waals surface area contributed by atoms with E-state index in [1.165, 1.54) is 16.3 Å². The van der Waals surface area contributed by atoms with Crippen LogP contribution in [-0.4, -0.2) is 21.2 Å². The third-order valence-electron chi connectivity index (χ3n) is 6.77. The normalized spacial score (nSPS) is 11.6. The second-order valence-corrected chi connectivity index (χ2v) is 8.98. The van der Waals surface area contributed by atoms with Crippen LogP contribution in [0.25, 0.3) is 55.0 Å². The summed E-state index contributed by atoms with van der Waals surface area (Å²) in [6.45, 7) is 0.624. The van der Waals surface area contributed by atoms with E-state index in [2.05, 4.69) is 94.6 Å². The summed E-state index contributed by atoms with van der Waals surface area (Å²) in [5.41, 5.74) is 5.37. The molecule has 0 N–H and O–H groups in total. The van der Waals surface area contributed by atoms with Crippen LogP contribution in [-0.2, 0) is 6.54 Å². The van der Waals surface area contributed by atoms with Crippen molar-refractivity contribution in [3.63, 3.8) is 0 Å². The zero-order chi connectivity index (χ0) is 23.6. The molecule has 3 nitrogen and oxygen atoms in total. The maximum atomic E-state index is 12.6. The van der Waals surface area contributed by atoms with Crippen LogP contribution in [0.2, 0.25) is 0 Å². The molecule has 0 saturated carbocycles. The molecule has 0 radical (unpaired) electrons. The van der Waals surface area contributed by atoms with Gasteiger partial charge in [-0.1, -0.05) is 60.7 Å². The molecule has 6 rings (SSSR count). The van der Waals surface area contributed by atoms with Gasteiger partial charge < -0.3 is 4.57 Å². The second-order valence-electron chi connectivity index (χ2n) is 8.98. The van der Waals surface area contributed by atoms with Crippen LogP contribution >= 0.6 is 0 Å². The van der Waals surface area contributed by atoms with Crippen molar-refractivity contribution in [2.45, 2.75) is 25.8 Å². The third-order valence-corrected chi connectivity index (χ3v) is 6.77. The molecule has 0 amide bonds. The van der Waals surface area contributed by atoms with Gasteiger partial charge in [0.15, 0.2) is 0 Å². The molecular weight excluding hydrogens is 433 g/mol. The van der Waals surface area contributed by atoms with E-state index >= 15 is 0 Å². The Morgan fingerprint density at radius 3 is 2.46 bits per heavy atom. The van der Waals surface area contributed by atoms with E-state index in [-0.39, 0.29) is 6.67 Å². The van der Waals surface area contributed by atoms with Gasteiger partial charge in [0.1, 0.15) is 0 Å². The number of aromatic nitrogens is 3. The molecule has 0 atom stereocenters. The molecule has 3 aromatic heterocycles. The molecule has 0 bridgehead atoms. The lowest BCUT2D eigenvalue weighted by Crippen LogP contribution is -1.96. The van der Waals surface area contributed by atoms with Gasteiger partial charge in [-0.05, 0) is 48.2 Å². The number of benzene rings is 3. The fourth-order valence-corrected chi connectivity index (χ4v) is 5.06. The molecule has 0 fully saturated rings. The minimum atomic E-state index is -0.245. The Hall–Kier alpha value is -4.05. The van der Waals surface area contributed by atoms with Gasteiger partial charge in [0.2, 0.25) is 0 Å². The molecule has 0 spiro atoms. The molecule has 6 aromatic rings. The zero-order valence-corrected chi connectivity index (χ0v) is 19.5. The Balaban J connectivity index is 1.56. The Labute approximate surface area is 203 Å². The Kier molecular flexibility index (Phi) is 5.71. The van der Waals surface area contributed by atoms with E-state index in [1.807, 2.05) is 12.4 Å². The van der Waals surface area contributed by atoms with Crippen molar-refractivity contribution in [3.8, 4) is 22.5 Å². The standard InChI is InChI=1S/C31H26FN3/c32-16-6-1-7-18-35-21-28(27-12-4-5-14-30(27)35)31-25-11-3-2-9-22(25)19-29(34-31)26-13-8-10-23-20-33-17-15-24(23)26/h2-5,8-15,17,19-21H,1,6-7,16,18H2. The number of unbranched alkanes of at least 4 members (excludes halogenated alkanes) is 2. The monoisotopic (exact) mass is 459 g/mol. The summed E-state index contributed by atoms with van der Waals surface area (Å²) in [6.07, 6.45) is 8.44. The van der Waals surface area contributed by atoms with E-state index in [1.54, 1.807) is 0 Å². The SMILES string of the molecule is FCCCCCn1cc(-c2nc(-c3cccc4cnccc34)cc3ccccc23)c2ccccc21. The summed E-state index contributed by atoms with van der Waals surface area (Å²) in [5, 5.41) is 5.74. The number of nitrogens with zero attached hydrogens (tertiary/aromatic N) is 3. The van der Waals surface area contributed by atoms with Crippen molar-refractivity contribution in [2.75, 3.05) is 6.67 Å². The number of rotatable bonds is 7. The predicted molar refractivity (Wildman–Crippen MR) is 143 cm³/mol. The highest BCUT2D eigenvalue weighted by Crippen LogP contribution is 2.37. The molecule has 0 aliphatic rings. The van der Waals surface area contributed by atoms with Crippen LogP contribution in [0.15, 0.2) is 97.5 Å². The number of hydrogen-bond donors (Lipinski definition) is 0. The number of aryl methyl sites for hydroxylation is 1. The molecule has 3 aromatic carbocycles. The van der Waals surface area contributed by atoms with Crippen molar-refractivity contribution in [1.82, 2.24) is 14.5 Å². The highest BCUT2D eigenvalue weighted by molar-refractivity contribution is 6.06. The molecule has 35 heavy (non-hydrogen) atoms. The average molecular weight is 460 g/mol. The second kappa shape index (κ2) is 9.30. The van der Waals surface area contributed by atoms with Gasteiger partial charge >= 0.3 is 0 Å². The lowest BCUT2D eigenvalue weighted by Gasteiger charge is -2.11. The third kappa shape index (κ3) is 3.95.